The van der Waals surface area contributed by atoms with Crippen LogP contribution in [-0.2, 0) is 0 Å². The highest BCUT2D eigenvalue weighted by Gasteiger charge is 2.43. The minimum absolute atomic E-state index is 0.251. The fourth-order valence-electron chi connectivity index (χ4n) is 1.15. The van der Waals surface area contributed by atoms with Gasteiger partial charge >= 0.3 is 0 Å². The lowest BCUT2D eigenvalue weighted by atomic mass is 9.95. The molecule has 1 unspecified atom stereocenters. The van der Waals surface area contributed by atoms with Crippen LogP contribution in [0.1, 0.15) is 33.1 Å². The molecular weight excluding hydrogens is 148 g/mol. The van der Waals surface area contributed by atoms with Crippen molar-refractivity contribution in [2.24, 2.45) is 11.7 Å². The van der Waals surface area contributed by atoms with Crippen LogP contribution < -0.4 is 5.73 Å². The molecule has 0 spiro atoms. The van der Waals surface area contributed by atoms with E-state index < -0.39 is 11.8 Å². The normalized spacial score (nSPS) is 24.8. The number of alkyl halides is 2. The Morgan fingerprint density at radius 1 is 1.55 bits per heavy atom. The van der Waals surface area contributed by atoms with Crippen LogP contribution >= 0.6 is 0 Å². The summed E-state index contributed by atoms with van der Waals surface area (Å²) in [5.74, 6) is -3.16. The molecule has 0 heterocycles. The fraction of sp³-hybridized carbons (Fsp3) is 1.00. The molecule has 1 aliphatic rings. The molecule has 1 saturated carbocycles. The second-order valence-electron chi connectivity index (χ2n) is 3.92. The Kier molecular flexibility index (Phi) is 1.95. The summed E-state index contributed by atoms with van der Waals surface area (Å²) < 4.78 is 25.2. The molecule has 0 amide bonds. The van der Waals surface area contributed by atoms with Gasteiger partial charge in [0.25, 0.3) is 0 Å². The Morgan fingerprint density at radius 3 is 2.27 bits per heavy atom. The summed E-state index contributed by atoms with van der Waals surface area (Å²) in [5.41, 5.74) is 5.46. The van der Waals surface area contributed by atoms with Gasteiger partial charge in [0.15, 0.2) is 0 Å². The van der Waals surface area contributed by atoms with E-state index in [0.29, 0.717) is 6.42 Å². The molecule has 0 aliphatic heterocycles. The second kappa shape index (κ2) is 2.41. The lowest BCUT2D eigenvalue weighted by molar-refractivity contribution is -0.0385. The number of rotatable bonds is 3. The van der Waals surface area contributed by atoms with E-state index in [-0.39, 0.29) is 5.54 Å². The van der Waals surface area contributed by atoms with Crippen LogP contribution in [0.4, 0.5) is 8.78 Å². The fourth-order valence-corrected chi connectivity index (χ4v) is 1.15. The molecule has 2 N–H and O–H groups in total. The van der Waals surface area contributed by atoms with Gasteiger partial charge in [-0.3, -0.25) is 0 Å². The van der Waals surface area contributed by atoms with Gasteiger partial charge < -0.3 is 5.73 Å². The molecule has 1 aliphatic carbocycles. The highest BCUT2D eigenvalue weighted by molar-refractivity contribution is 5.00. The van der Waals surface area contributed by atoms with Crippen molar-refractivity contribution in [2.45, 2.75) is 44.6 Å². The van der Waals surface area contributed by atoms with Crippen molar-refractivity contribution in [3.63, 3.8) is 0 Å². The summed E-state index contributed by atoms with van der Waals surface area (Å²) in [7, 11) is 0. The van der Waals surface area contributed by atoms with Crippen molar-refractivity contribution < 1.29 is 8.78 Å². The Bertz CT molecular complexity index is 147. The first-order valence-corrected chi connectivity index (χ1v) is 4.00. The van der Waals surface area contributed by atoms with Crippen molar-refractivity contribution >= 4 is 0 Å². The van der Waals surface area contributed by atoms with Gasteiger partial charge in [0.1, 0.15) is 0 Å². The third-order valence-electron chi connectivity index (χ3n) is 2.47. The van der Waals surface area contributed by atoms with E-state index in [2.05, 4.69) is 0 Å². The summed E-state index contributed by atoms with van der Waals surface area (Å²) >= 11 is 0. The molecule has 66 valence electrons. The van der Waals surface area contributed by atoms with E-state index in [1.807, 2.05) is 0 Å². The van der Waals surface area contributed by atoms with Gasteiger partial charge in [0.05, 0.1) is 0 Å². The van der Waals surface area contributed by atoms with E-state index in [0.717, 1.165) is 19.8 Å². The lowest BCUT2D eigenvalue weighted by Crippen LogP contribution is -2.31. The first-order valence-electron chi connectivity index (χ1n) is 4.00. The van der Waals surface area contributed by atoms with Crippen molar-refractivity contribution in [1.29, 1.82) is 0 Å². The largest absolute Gasteiger partial charge is 0.325 e. The maximum atomic E-state index is 12.6. The van der Waals surface area contributed by atoms with Crippen LogP contribution in [0.3, 0.4) is 0 Å². The zero-order valence-electron chi connectivity index (χ0n) is 7.03. The van der Waals surface area contributed by atoms with Gasteiger partial charge in [-0.2, -0.15) is 0 Å². The van der Waals surface area contributed by atoms with Crippen LogP contribution in [-0.4, -0.2) is 11.5 Å². The molecule has 0 radical (unpaired) electrons. The predicted molar refractivity (Wildman–Crippen MR) is 40.6 cm³/mol. The van der Waals surface area contributed by atoms with Gasteiger partial charge in [-0.25, -0.2) is 8.78 Å². The van der Waals surface area contributed by atoms with Crippen LogP contribution in [0.2, 0.25) is 0 Å². The molecule has 3 heteroatoms. The first-order chi connectivity index (χ1) is 4.83. The number of nitrogens with two attached hydrogens (primary N) is 1. The molecule has 1 rings (SSSR count). The second-order valence-corrected chi connectivity index (χ2v) is 3.92. The van der Waals surface area contributed by atoms with Gasteiger partial charge in [-0.05, 0) is 26.2 Å². The average molecular weight is 163 g/mol. The van der Waals surface area contributed by atoms with E-state index in [1.54, 1.807) is 6.92 Å². The summed E-state index contributed by atoms with van der Waals surface area (Å²) in [4.78, 5) is 0. The van der Waals surface area contributed by atoms with E-state index in [9.17, 15) is 8.78 Å². The molecule has 0 aromatic carbocycles. The van der Waals surface area contributed by atoms with Crippen LogP contribution in [0.15, 0.2) is 0 Å². The van der Waals surface area contributed by atoms with Crippen LogP contribution in [0, 0.1) is 5.92 Å². The number of hydrogen-bond donors (Lipinski definition) is 1. The third-order valence-corrected chi connectivity index (χ3v) is 2.47. The highest BCUT2D eigenvalue weighted by atomic mass is 19.3. The Balaban J connectivity index is 2.37. The third kappa shape index (κ3) is 2.40. The SMILES string of the molecule is CC(CC1(N)CC1)C(C)(F)F. The topological polar surface area (TPSA) is 26.0 Å². The molecule has 11 heavy (non-hydrogen) atoms. The van der Waals surface area contributed by atoms with E-state index >= 15 is 0 Å². The molecule has 0 aromatic heterocycles. The minimum atomic E-state index is -2.57. The van der Waals surface area contributed by atoms with Crippen LogP contribution in [0.5, 0.6) is 0 Å². The summed E-state index contributed by atoms with van der Waals surface area (Å²) in [6.07, 6.45) is 2.28. The zero-order valence-corrected chi connectivity index (χ0v) is 7.03. The summed E-state index contributed by atoms with van der Waals surface area (Å²) in [5, 5.41) is 0. The molecule has 1 atom stereocenters. The maximum absolute atomic E-state index is 12.6. The van der Waals surface area contributed by atoms with Crippen molar-refractivity contribution in [3.8, 4) is 0 Å². The first kappa shape index (κ1) is 8.91. The monoisotopic (exact) mass is 163 g/mol. The quantitative estimate of drug-likeness (QED) is 0.677. The molecule has 0 bridgehead atoms. The van der Waals surface area contributed by atoms with Crippen molar-refractivity contribution in [2.75, 3.05) is 0 Å². The smallest absolute Gasteiger partial charge is 0.248 e. The summed E-state index contributed by atoms with van der Waals surface area (Å²) in [6, 6.07) is 0. The lowest BCUT2D eigenvalue weighted by Gasteiger charge is -2.22. The van der Waals surface area contributed by atoms with Crippen molar-refractivity contribution in [1.82, 2.24) is 0 Å². The molecular formula is C8H15F2N. The zero-order chi connectivity index (χ0) is 8.70. The Labute approximate surface area is 66.0 Å². The summed E-state index contributed by atoms with van der Waals surface area (Å²) in [6.45, 7) is 2.52. The van der Waals surface area contributed by atoms with Gasteiger partial charge in [0, 0.05) is 11.5 Å². The average Bonchev–Trinajstić information content (AvgIpc) is 2.45. The standard InChI is InChI=1S/C8H15F2N/c1-6(7(2,9)10)5-8(11)3-4-8/h6H,3-5,11H2,1-2H3. The Morgan fingerprint density at radius 2 is 2.00 bits per heavy atom. The van der Waals surface area contributed by atoms with E-state index in [4.69, 9.17) is 5.73 Å². The highest BCUT2D eigenvalue weighted by Crippen LogP contribution is 2.41. The maximum Gasteiger partial charge on any atom is 0.248 e. The molecule has 1 fully saturated rings. The predicted octanol–water partition coefficient (Wildman–Crippen LogP) is 2.16. The minimum Gasteiger partial charge on any atom is -0.325 e. The molecule has 0 aromatic rings. The van der Waals surface area contributed by atoms with Gasteiger partial charge in [0.2, 0.25) is 5.92 Å². The number of hydrogen-bond acceptors (Lipinski definition) is 1. The molecule has 1 nitrogen and oxygen atoms in total. The van der Waals surface area contributed by atoms with E-state index in [1.165, 1.54) is 0 Å². The number of halogens is 2. The van der Waals surface area contributed by atoms with Gasteiger partial charge in [-0.1, -0.05) is 6.92 Å². The molecule has 0 saturated heterocycles. The van der Waals surface area contributed by atoms with Crippen molar-refractivity contribution in [3.05, 3.63) is 0 Å². The Hall–Kier alpha value is -0.180. The van der Waals surface area contributed by atoms with Crippen LogP contribution in [0.25, 0.3) is 0 Å². The van der Waals surface area contributed by atoms with Gasteiger partial charge in [-0.15, -0.1) is 0 Å².